The summed E-state index contributed by atoms with van der Waals surface area (Å²) in [6.45, 7) is 4.92. The molecule has 5 nitrogen and oxygen atoms in total. The van der Waals surface area contributed by atoms with E-state index >= 15 is 0 Å². The number of rotatable bonds is 6. The zero-order valence-electron chi connectivity index (χ0n) is 11.4. The molecule has 19 heavy (non-hydrogen) atoms. The van der Waals surface area contributed by atoms with Gasteiger partial charge in [0.1, 0.15) is 5.82 Å². The summed E-state index contributed by atoms with van der Waals surface area (Å²) in [5, 5.41) is 12.4. The Kier molecular flexibility index (Phi) is 3.52. The van der Waals surface area contributed by atoms with Gasteiger partial charge >= 0.3 is 0 Å². The highest BCUT2D eigenvalue weighted by molar-refractivity contribution is 8.00. The summed E-state index contributed by atoms with van der Waals surface area (Å²) in [6, 6.07) is 0.418. The highest BCUT2D eigenvalue weighted by atomic mass is 32.2. The van der Waals surface area contributed by atoms with Crippen LogP contribution in [0.3, 0.4) is 0 Å². The van der Waals surface area contributed by atoms with Crippen LogP contribution in [-0.2, 0) is 11.3 Å². The van der Waals surface area contributed by atoms with Gasteiger partial charge < -0.3 is 9.88 Å². The lowest BCUT2D eigenvalue weighted by molar-refractivity contribution is -0.120. The number of amides is 1. The fraction of sp³-hybridized carbons (Fsp3) is 0.769. The van der Waals surface area contributed by atoms with Gasteiger partial charge in [0.25, 0.3) is 0 Å². The molecule has 1 heterocycles. The molecular weight excluding hydrogens is 260 g/mol. The van der Waals surface area contributed by atoms with Gasteiger partial charge in [0.05, 0.1) is 5.25 Å². The summed E-state index contributed by atoms with van der Waals surface area (Å²) in [5.41, 5.74) is 0. The molecule has 1 atom stereocenters. The highest BCUT2D eigenvalue weighted by Gasteiger charge is 2.31. The van der Waals surface area contributed by atoms with Crippen LogP contribution < -0.4 is 5.32 Å². The number of nitrogens with zero attached hydrogens (tertiary/aromatic N) is 3. The smallest absolute Gasteiger partial charge is 0.233 e. The first kappa shape index (κ1) is 13.0. The van der Waals surface area contributed by atoms with E-state index in [2.05, 4.69) is 27.0 Å². The second kappa shape index (κ2) is 5.15. The van der Waals surface area contributed by atoms with Crippen LogP contribution in [0.15, 0.2) is 5.16 Å². The first-order valence-corrected chi connectivity index (χ1v) is 7.97. The lowest BCUT2D eigenvalue weighted by Gasteiger charge is -2.12. The van der Waals surface area contributed by atoms with E-state index < -0.39 is 0 Å². The van der Waals surface area contributed by atoms with Crippen molar-refractivity contribution >= 4 is 17.7 Å². The Bertz CT molecular complexity index is 479. The van der Waals surface area contributed by atoms with Crippen molar-refractivity contribution < 1.29 is 4.79 Å². The molecular formula is C13H20N4OS. The number of nitrogens with one attached hydrogen (secondary N) is 1. The zero-order valence-corrected chi connectivity index (χ0v) is 12.2. The zero-order chi connectivity index (χ0) is 13.4. The molecule has 0 spiro atoms. The normalized spacial score (nSPS) is 20.3. The van der Waals surface area contributed by atoms with Gasteiger partial charge in [0.15, 0.2) is 5.16 Å². The molecule has 1 N–H and O–H groups in total. The number of hydrogen-bond acceptors (Lipinski definition) is 4. The van der Waals surface area contributed by atoms with Gasteiger partial charge in [-0.25, -0.2) is 0 Å². The minimum Gasteiger partial charge on any atom is -0.352 e. The van der Waals surface area contributed by atoms with Crippen molar-refractivity contribution in [3.8, 4) is 0 Å². The van der Waals surface area contributed by atoms with Crippen LogP contribution in [0.5, 0.6) is 0 Å². The molecule has 6 heteroatoms. The summed E-state index contributed by atoms with van der Waals surface area (Å²) in [7, 11) is 0. The van der Waals surface area contributed by atoms with Gasteiger partial charge in [-0.15, -0.1) is 10.2 Å². The molecule has 0 saturated heterocycles. The van der Waals surface area contributed by atoms with Gasteiger partial charge in [-0.3, -0.25) is 4.79 Å². The predicted octanol–water partition coefficient (Wildman–Crippen LogP) is 1.93. The fourth-order valence-corrected chi connectivity index (χ4v) is 3.01. The highest BCUT2D eigenvalue weighted by Crippen LogP contribution is 2.40. The quantitative estimate of drug-likeness (QED) is 0.809. The summed E-state index contributed by atoms with van der Waals surface area (Å²) in [4.78, 5) is 12.0. The number of aromatic nitrogens is 3. The van der Waals surface area contributed by atoms with Crippen molar-refractivity contribution in [2.45, 2.75) is 68.4 Å². The Balaban J connectivity index is 1.66. The molecule has 0 aliphatic heterocycles. The first-order chi connectivity index (χ1) is 9.19. The summed E-state index contributed by atoms with van der Waals surface area (Å²) in [5.74, 6) is 1.81. The van der Waals surface area contributed by atoms with Gasteiger partial charge in [-0.05, 0) is 39.5 Å². The van der Waals surface area contributed by atoms with Gasteiger partial charge in [0.2, 0.25) is 5.91 Å². The maximum atomic E-state index is 12.0. The van der Waals surface area contributed by atoms with Crippen LogP contribution >= 0.6 is 11.8 Å². The molecule has 0 aromatic carbocycles. The Morgan fingerprint density at radius 2 is 2.16 bits per heavy atom. The molecule has 0 radical (unpaired) electrons. The molecule has 2 aliphatic carbocycles. The van der Waals surface area contributed by atoms with Crippen LogP contribution in [0.4, 0.5) is 0 Å². The van der Waals surface area contributed by atoms with Crippen molar-refractivity contribution in [3.05, 3.63) is 5.82 Å². The molecule has 2 fully saturated rings. The van der Waals surface area contributed by atoms with Gasteiger partial charge in [-0.2, -0.15) is 0 Å². The molecule has 1 aromatic heterocycles. The molecule has 0 unspecified atom stereocenters. The average molecular weight is 280 g/mol. The topological polar surface area (TPSA) is 59.8 Å². The lowest BCUT2D eigenvalue weighted by atomic mass is 10.4. The van der Waals surface area contributed by atoms with Crippen molar-refractivity contribution in [2.75, 3.05) is 0 Å². The number of carbonyl (C=O) groups is 1. The van der Waals surface area contributed by atoms with Crippen LogP contribution in [-0.4, -0.2) is 32.0 Å². The molecule has 2 aliphatic rings. The van der Waals surface area contributed by atoms with Crippen LogP contribution in [0, 0.1) is 0 Å². The minimum atomic E-state index is -0.109. The standard InChI is InChI=1S/C13H20N4OS/c1-3-17-11(9-4-5-9)15-16-13(17)19-8(2)12(18)14-10-6-7-10/h8-10H,3-7H2,1-2H3,(H,14,18)/t8-/m0/s1. The van der Waals surface area contributed by atoms with E-state index in [0.29, 0.717) is 12.0 Å². The van der Waals surface area contributed by atoms with Gasteiger partial charge in [0, 0.05) is 18.5 Å². The van der Waals surface area contributed by atoms with Crippen molar-refractivity contribution in [2.24, 2.45) is 0 Å². The fourth-order valence-electron chi connectivity index (χ4n) is 2.09. The van der Waals surface area contributed by atoms with Gasteiger partial charge in [-0.1, -0.05) is 11.8 Å². The van der Waals surface area contributed by atoms with Crippen molar-refractivity contribution in [1.82, 2.24) is 20.1 Å². The Hall–Kier alpha value is -1.04. The molecule has 1 aromatic rings. The number of carbonyl (C=O) groups excluding carboxylic acids is 1. The molecule has 3 rings (SSSR count). The Morgan fingerprint density at radius 3 is 2.74 bits per heavy atom. The van der Waals surface area contributed by atoms with Crippen molar-refractivity contribution in [3.63, 3.8) is 0 Å². The van der Waals surface area contributed by atoms with E-state index in [9.17, 15) is 4.79 Å². The Labute approximate surface area is 117 Å². The van der Waals surface area contributed by atoms with E-state index in [1.54, 1.807) is 0 Å². The van der Waals surface area contributed by atoms with E-state index in [1.165, 1.54) is 24.6 Å². The van der Waals surface area contributed by atoms with Crippen LogP contribution in [0.25, 0.3) is 0 Å². The minimum absolute atomic E-state index is 0.109. The van der Waals surface area contributed by atoms with E-state index in [-0.39, 0.29) is 11.2 Å². The SMILES string of the molecule is CCn1c(S[C@@H](C)C(=O)NC2CC2)nnc1C1CC1. The van der Waals surface area contributed by atoms with E-state index in [0.717, 1.165) is 30.4 Å². The third-order valence-electron chi connectivity index (χ3n) is 3.58. The van der Waals surface area contributed by atoms with E-state index in [4.69, 9.17) is 0 Å². The third-order valence-corrected chi connectivity index (χ3v) is 4.66. The number of hydrogen-bond donors (Lipinski definition) is 1. The third kappa shape index (κ3) is 2.94. The predicted molar refractivity (Wildman–Crippen MR) is 74.2 cm³/mol. The molecule has 104 valence electrons. The lowest BCUT2D eigenvalue weighted by Crippen LogP contribution is -2.32. The average Bonchev–Trinajstić information content (AvgIpc) is 3.30. The molecule has 0 bridgehead atoms. The van der Waals surface area contributed by atoms with Crippen molar-refractivity contribution in [1.29, 1.82) is 0 Å². The molecule has 2 saturated carbocycles. The Morgan fingerprint density at radius 1 is 1.42 bits per heavy atom. The largest absolute Gasteiger partial charge is 0.352 e. The molecule has 1 amide bonds. The van der Waals surface area contributed by atoms with E-state index in [1.807, 2.05) is 6.92 Å². The van der Waals surface area contributed by atoms with Crippen LogP contribution in [0.1, 0.15) is 51.3 Å². The maximum absolute atomic E-state index is 12.0. The van der Waals surface area contributed by atoms with Crippen LogP contribution in [0.2, 0.25) is 0 Å². The summed E-state index contributed by atoms with van der Waals surface area (Å²) < 4.78 is 2.16. The monoisotopic (exact) mass is 280 g/mol. The summed E-state index contributed by atoms with van der Waals surface area (Å²) in [6.07, 6.45) is 4.70. The second-order valence-electron chi connectivity index (χ2n) is 5.40. The second-order valence-corrected chi connectivity index (χ2v) is 6.71. The first-order valence-electron chi connectivity index (χ1n) is 7.09. The maximum Gasteiger partial charge on any atom is 0.233 e. The summed E-state index contributed by atoms with van der Waals surface area (Å²) >= 11 is 1.52. The number of thioether (sulfide) groups is 1.